The highest BCUT2D eigenvalue weighted by molar-refractivity contribution is 7.89. The van der Waals surface area contributed by atoms with E-state index in [-0.39, 0.29) is 17.3 Å². The number of rotatable bonds is 8. The molecule has 0 radical (unpaired) electrons. The first-order valence-electron chi connectivity index (χ1n) is 10.7. The molecule has 6 nitrogen and oxygen atoms in total. The zero-order chi connectivity index (χ0) is 22.4. The van der Waals surface area contributed by atoms with E-state index in [2.05, 4.69) is 24.1 Å². The Hall–Kier alpha value is -2.45. The second kappa shape index (κ2) is 10.2. The van der Waals surface area contributed by atoms with Crippen LogP contribution in [0.1, 0.15) is 32.3 Å². The molecule has 0 saturated carbocycles. The van der Waals surface area contributed by atoms with Gasteiger partial charge in [0.15, 0.2) is 0 Å². The Labute approximate surface area is 184 Å². The van der Waals surface area contributed by atoms with Crippen molar-refractivity contribution in [2.24, 2.45) is 5.92 Å². The third-order valence-corrected chi connectivity index (χ3v) is 7.62. The number of hydrogen-bond donors (Lipinski definition) is 1. The molecule has 2 aromatic carbocycles. The SMILES string of the molecule is CCN(CC)c1ccc(CNC(=O)[C@@H]2CCCN(S(=O)(=O)c3ccc(F)cc3)C2)cc1. The molecule has 2 aromatic rings. The molecule has 1 atom stereocenters. The van der Waals surface area contributed by atoms with Gasteiger partial charge in [0.25, 0.3) is 0 Å². The Balaban J connectivity index is 1.59. The summed E-state index contributed by atoms with van der Waals surface area (Å²) in [6.07, 6.45) is 1.25. The summed E-state index contributed by atoms with van der Waals surface area (Å²) in [6, 6.07) is 12.9. The van der Waals surface area contributed by atoms with Crippen molar-refractivity contribution in [3.8, 4) is 0 Å². The maximum atomic E-state index is 13.1. The van der Waals surface area contributed by atoms with E-state index in [1.54, 1.807) is 0 Å². The van der Waals surface area contributed by atoms with E-state index in [1.807, 2.05) is 24.3 Å². The van der Waals surface area contributed by atoms with Crippen LogP contribution < -0.4 is 10.2 Å². The van der Waals surface area contributed by atoms with E-state index in [9.17, 15) is 17.6 Å². The fourth-order valence-electron chi connectivity index (χ4n) is 3.88. The third-order valence-electron chi connectivity index (χ3n) is 5.74. The lowest BCUT2D eigenvalue weighted by Crippen LogP contribution is -2.45. The maximum absolute atomic E-state index is 13.1. The van der Waals surface area contributed by atoms with Crippen molar-refractivity contribution in [2.45, 2.75) is 38.1 Å². The first-order chi connectivity index (χ1) is 14.8. The molecule has 1 saturated heterocycles. The standard InChI is InChI=1S/C23H30FN3O3S/c1-3-26(4-2)21-11-7-18(8-12-21)16-25-23(28)19-6-5-15-27(17-19)31(29,30)22-13-9-20(24)10-14-22/h7-14,19H,3-6,15-17H2,1-2H3,(H,25,28)/t19-/m1/s1. The lowest BCUT2D eigenvalue weighted by molar-refractivity contribution is -0.126. The van der Waals surface area contributed by atoms with Gasteiger partial charge in [-0.25, -0.2) is 12.8 Å². The number of carbonyl (C=O) groups is 1. The van der Waals surface area contributed by atoms with Gasteiger partial charge in [0.1, 0.15) is 5.82 Å². The molecule has 8 heteroatoms. The van der Waals surface area contributed by atoms with Crippen LogP contribution in [0.5, 0.6) is 0 Å². The van der Waals surface area contributed by atoms with Gasteiger partial charge in [-0.1, -0.05) is 12.1 Å². The highest BCUT2D eigenvalue weighted by Gasteiger charge is 2.33. The zero-order valence-electron chi connectivity index (χ0n) is 18.1. The molecular weight excluding hydrogens is 417 g/mol. The molecule has 0 spiro atoms. The summed E-state index contributed by atoms with van der Waals surface area (Å²) in [5, 5.41) is 2.94. The van der Waals surface area contributed by atoms with Crippen molar-refractivity contribution in [1.29, 1.82) is 0 Å². The van der Waals surface area contributed by atoms with E-state index in [1.165, 1.54) is 16.4 Å². The molecule has 1 N–H and O–H groups in total. The van der Waals surface area contributed by atoms with E-state index in [4.69, 9.17) is 0 Å². The average Bonchev–Trinajstić information content (AvgIpc) is 2.79. The van der Waals surface area contributed by atoms with Gasteiger partial charge < -0.3 is 10.2 Å². The van der Waals surface area contributed by atoms with Crippen LogP contribution in [-0.4, -0.2) is 44.8 Å². The minimum Gasteiger partial charge on any atom is -0.372 e. The Bertz CT molecular complexity index is 974. The molecule has 1 heterocycles. The lowest BCUT2D eigenvalue weighted by atomic mass is 9.98. The van der Waals surface area contributed by atoms with E-state index < -0.39 is 21.8 Å². The van der Waals surface area contributed by atoms with Crippen molar-refractivity contribution in [3.63, 3.8) is 0 Å². The van der Waals surface area contributed by atoms with E-state index >= 15 is 0 Å². The van der Waals surface area contributed by atoms with Crippen LogP contribution in [0.3, 0.4) is 0 Å². The summed E-state index contributed by atoms with van der Waals surface area (Å²) in [4.78, 5) is 15.0. The number of hydrogen-bond acceptors (Lipinski definition) is 4. The minimum atomic E-state index is -3.75. The van der Waals surface area contributed by atoms with Crippen LogP contribution in [0, 0.1) is 11.7 Å². The molecule has 1 amide bonds. The molecular formula is C23H30FN3O3S. The van der Waals surface area contributed by atoms with Crippen LogP contribution in [0.15, 0.2) is 53.4 Å². The largest absolute Gasteiger partial charge is 0.372 e. The zero-order valence-corrected chi connectivity index (χ0v) is 18.9. The van der Waals surface area contributed by atoms with Gasteiger partial charge in [-0.3, -0.25) is 4.79 Å². The van der Waals surface area contributed by atoms with E-state index in [0.29, 0.717) is 25.9 Å². The normalized spacial score (nSPS) is 17.3. The summed E-state index contributed by atoms with van der Waals surface area (Å²) in [5.41, 5.74) is 2.14. The number of sulfonamides is 1. The summed E-state index contributed by atoms with van der Waals surface area (Å²) in [7, 11) is -3.75. The third kappa shape index (κ3) is 5.62. The predicted molar refractivity (Wildman–Crippen MR) is 120 cm³/mol. The summed E-state index contributed by atoms with van der Waals surface area (Å²) in [6.45, 7) is 6.99. The number of amides is 1. The van der Waals surface area contributed by atoms with Crippen LogP contribution in [0.25, 0.3) is 0 Å². The number of halogens is 1. The van der Waals surface area contributed by atoms with Crippen molar-refractivity contribution in [1.82, 2.24) is 9.62 Å². The lowest BCUT2D eigenvalue weighted by Gasteiger charge is -2.31. The first kappa shape index (κ1) is 23.2. The Morgan fingerprint density at radius 2 is 1.74 bits per heavy atom. The quantitative estimate of drug-likeness (QED) is 0.674. The maximum Gasteiger partial charge on any atom is 0.243 e. The fraction of sp³-hybridized carbons (Fsp3) is 0.435. The van der Waals surface area contributed by atoms with Crippen molar-refractivity contribution in [2.75, 3.05) is 31.1 Å². The summed E-state index contributed by atoms with van der Waals surface area (Å²) >= 11 is 0. The van der Waals surface area contributed by atoms with Crippen LogP contribution in [-0.2, 0) is 21.4 Å². The van der Waals surface area contributed by atoms with Crippen molar-refractivity contribution >= 4 is 21.6 Å². The fourth-order valence-corrected chi connectivity index (χ4v) is 5.40. The number of piperidine rings is 1. The van der Waals surface area contributed by atoms with Gasteiger partial charge in [-0.2, -0.15) is 4.31 Å². The topological polar surface area (TPSA) is 69.7 Å². The molecule has 3 rings (SSSR count). The smallest absolute Gasteiger partial charge is 0.243 e. The number of carbonyl (C=O) groups excluding carboxylic acids is 1. The molecule has 0 aliphatic carbocycles. The molecule has 0 unspecified atom stereocenters. The van der Waals surface area contributed by atoms with Gasteiger partial charge >= 0.3 is 0 Å². The molecule has 1 aliphatic rings. The number of benzene rings is 2. The second-order valence-electron chi connectivity index (χ2n) is 7.71. The molecule has 31 heavy (non-hydrogen) atoms. The van der Waals surface area contributed by atoms with Crippen LogP contribution >= 0.6 is 0 Å². The highest BCUT2D eigenvalue weighted by atomic mass is 32.2. The molecule has 168 valence electrons. The van der Waals surface area contributed by atoms with Gasteiger partial charge in [0, 0.05) is 38.4 Å². The van der Waals surface area contributed by atoms with Crippen molar-refractivity contribution in [3.05, 3.63) is 59.9 Å². The average molecular weight is 448 g/mol. The van der Waals surface area contributed by atoms with E-state index in [0.717, 1.165) is 36.5 Å². The molecule has 1 aliphatic heterocycles. The monoisotopic (exact) mass is 447 g/mol. The molecule has 1 fully saturated rings. The Kier molecular flexibility index (Phi) is 7.67. The number of nitrogens with one attached hydrogen (secondary N) is 1. The van der Waals surface area contributed by atoms with Crippen LogP contribution in [0.4, 0.5) is 10.1 Å². The predicted octanol–water partition coefficient (Wildman–Crippen LogP) is 3.39. The Morgan fingerprint density at radius 3 is 2.35 bits per heavy atom. The summed E-state index contributed by atoms with van der Waals surface area (Å²) < 4.78 is 40.2. The molecule has 0 bridgehead atoms. The second-order valence-corrected chi connectivity index (χ2v) is 9.65. The summed E-state index contributed by atoms with van der Waals surface area (Å²) in [5.74, 6) is -1.04. The number of nitrogens with zero attached hydrogens (tertiary/aromatic N) is 2. The number of anilines is 1. The molecule has 0 aromatic heterocycles. The van der Waals surface area contributed by atoms with Gasteiger partial charge in [-0.05, 0) is 68.7 Å². The Morgan fingerprint density at radius 1 is 1.10 bits per heavy atom. The van der Waals surface area contributed by atoms with Crippen LogP contribution in [0.2, 0.25) is 0 Å². The van der Waals surface area contributed by atoms with Crippen molar-refractivity contribution < 1.29 is 17.6 Å². The van der Waals surface area contributed by atoms with Gasteiger partial charge in [-0.15, -0.1) is 0 Å². The first-order valence-corrected chi connectivity index (χ1v) is 12.2. The minimum absolute atomic E-state index is 0.0447. The highest BCUT2D eigenvalue weighted by Crippen LogP contribution is 2.24. The van der Waals surface area contributed by atoms with Gasteiger partial charge in [0.05, 0.1) is 10.8 Å². The van der Waals surface area contributed by atoms with Gasteiger partial charge in [0.2, 0.25) is 15.9 Å².